The second-order valence-corrected chi connectivity index (χ2v) is 5.17. The number of amides is 1. The van der Waals surface area contributed by atoms with Crippen LogP contribution in [0.1, 0.15) is 42.7 Å². The summed E-state index contributed by atoms with van der Waals surface area (Å²) in [5.74, 6) is 0.803. The fourth-order valence-electron chi connectivity index (χ4n) is 2.57. The van der Waals surface area contributed by atoms with E-state index in [0.29, 0.717) is 6.54 Å². The SMILES string of the molecule is Cc1noc(C)c1CCNC(=O)C1(N)CCCC1. The molecule has 100 valence electrons. The van der Waals surface area contributed by atoms with Crippen LogP contribution in [0, 0.1) is 13.8 Å². The summed E-state index contributed by atoms with van der Waals surface area (Å²) in [5.41, 5.74) is 7.41. The third kappa shape index (κ3) is 2.56. The number of rotatable bonds is 4. The molecule has 0 atom stereocenters. The van der Waals surface area contributed by atoms with Gasteiger partial charge >= 0.3 is 0 Å². The van der Waals surface area contributed by atoms with Gasteiger partial charge in [-0.3, -0.25) is 4.79 Å². The van der Waals surface area contributed by atoms with Gasteiger partial charge in [0.05, 0.1) is 11.2 Å². The van der Waals surface area contributed by atoms with Crippen LogP contribution in [0.5, 0.6) is 0 Å². The highest BCUT2D eigenvalue weighted by atomic mass is 16.5. The number of nitrogens with one attached hydrogen (secondary N) is 1. The van der Waals surface area contributed by atoms with E-state index in [1.165, 1.54) is 0 Å². The van der Waals surface area contributed by atoms with Gasteiger partial charge in [-0.1, -0.05) is 18.0 Å². The molecule has 0 unspecified atom stereocenters. The van der Waals surface area contributed by atoms with E-state index in [1.807, 2.05) is 13.8 Å². The molecule has 1 aliphatic rings. The van der Waals surface area contributed by atoms with E-state index in [9.17, 15) is 4.79 Å². The van der Waals surface area contributed by atoms with Crippen molar-refractivity contribution in [2.75, 3.05) is 6.54 Å². The Morgan fingerprint density at radius 3 is 2.67 bits per heavy atom. The molecule has 1 aromatic heterocycles. The smallest absolute Gasteiger partial charge is 0.240 e. The van der Waals surface area contributed by atoms with Crippen LogP contribution >= 0.6 is 0 Å². The Balaban J connectivity index is 1.84. The zero-order chi connectivity index (χ0) is 13.2. The van der Waals surface area contributed by atoms with Crippen LogP contribution in [-0.4, -0.2) is 23.1 Å². The Labute approximate surface area is 107 Å². The molecular weight excluding hydrogens is 230 g/mol. The highest BCUT2D eigenvalue weighted by Gasteiger charge is 2.36. The van der Waals surface area contributed by atoms with Crippen molar-refractivity contribution in [3.8, 4) is 0 Å². The summed E-state index contributed by atoms with van der Waals surface area (Å²) < 4.78 is 5.09. The number of nitrogens with two attached hydrogens (primary N) is 1. The molecule has 3 N–H and O–H groups in total. The minimum atomic E-state index is -0.640. The van der Waals surface area contributed by atoms with Gasteiger partial charge in [-0.2, -0.15) is 0 Å². The molecule has 1 aromatic rings. The van der Waals surface area contributed by atoms with Crippen LogP contribution in [0.15, 0.2) is 4.52 Å². The van der Waals surface area contributed by atoms with Crippen LogP contribution in [0.4, 0.5) is 0 Å². The lowest BCUT2D eigenvalue weighted by molar-refractivity contribution is -0.126. The molecule has 0 bridgehead atoms. The molecule has 18 heavy (non-hydrogen) atoms. The maximum atomic E-state index is 12.0. The number of carbonyl (C=O) groups excluding carboxylic acids is 1. The average Bonchev–Trinajstić information content (AvgIpc) is 2.90. The molecule has 2 rings (SSSR count). The van der Waals surface area contributed by atoms with E-state index in [-0.39, 0.29) is 5.91 Å². The van der Waals surface area contributed by atoms with E-state index in [4.69, 9.17) is 10.3 Å². The lowest BCUT2D eigenvalue weighted by atomic mass is 9.98. The summed E-state index contributed by atoms with van der Waals surface area (Å²) in [4.78, 5) is 12.0. The molecule has 1 amide bonds. The molecule has 0 aliphatic heterocycles. The number of aromatic nitrogens is 1. The number of aryl methyl sites for hydroxylation is 2. The molecule has 1 fully saturated rings. The highest BCUT2D eigenvalue weighted by Crippen LogP contribution is 2.27. The first kappa shape index (κ1) is 13.1. The first-order chi connectivity index (χ1) is 8.53. The molecule has 5 nitrogen and oxygen atoms in total. The summed E-state index contributed by atoms with van der Waals surface area (Å²) in [6.07, 6.45) is 4.43. The van der Waals surface area contributed by atoms with Crippen LogP contribution in [0.25, 0.3) is 0 Å². The molecule has 1 saturated carbocycles. The number of nitrogens with zero attached hydrogens (tertiary/aromatic N) is 1. The molecule has 1 aliphatic carbocycles. The zero-order valence-corrected chi connectivity index (χ0v) is 11.1. The van der Waals surface area contributed by atoms with Crippen molar-refractivity contribution < 1.29 is 9.32 Å². The van der Waals surface area contributed by atoms with Gasteiger partial charge in [-0.05, 0) is 33.1 Å². The maximum Gasteiger partial charge on any atom is 0.240 e. The normalized spacial score (nSPS) is 17.9. The topological polar surface area (TPSA) is 81.2 Å². The lowest BCUT2D eigenvalue weighted by Gasteiger charge is -2.22. The zero-order valence-electron chi connectivity index (χ0n) is 11.1. The summed E-state index contributed by atoms with van der Waals surface area (Å²) in [5, 5.41) is 6.82. The van der Waals surface area contributed by atoms with E-state index >= 15 is 0 Å². The fraction of sp³-hybridized carbons (Fsp3) is 0.692. The molecule has 0 aromatic carbocycles. The van der Waals surface area contributed by atoms with Crippen molar-refractivity contribution in [3.63, 3.8) is 0 Å². The molecule has 0 radical (unpaired) electrons. The van der Waals surface area contributed by atoms with Gasteiger partial charge in [0, 0.05) is 12.1 Å². The Kier molecular flexibility index (Phi) is 3.71. The van der Waals surface area contributed by atoms with E-state index in [2.05, 4.69) is 10.5 Å². The Morgan fingerprint density at radius 2 is 2.11 bits per heavy atom. The molecule has 0 spiro atoms. The van der Waals surface area contributed by atoms with Crippen molar-refractivity contribution in [1.29, 1.82) is 0 Å². The highest BCUT2D eigenvalue weighted by molar-refractivity contribution is 5.86. The van der Waals surface area contributed by atoms with Gasteiger partial charge in [0.15, 0.2) is 0 Å². The van der Waals surface area contributed by atoms with Crippen LogP contribution < -0.4 is 11.1 Å². The summed E-state index contributed by atoms with van der Waals surface area (Å²) in [7, 11) is 0. The van der Waals surface area contributed by atoms with Crippen LogP contribution in [0.3, 0.4) is 0 Å². The maximum absolute atomic E-state index is 12.0. The van der Waals surface area contributed by atoms with E-state index in [0.717, 1.165) is 49.1 Å². The minimum absolute atomic E-state index is 0.0215. The molecular formula is C13H21N3O2. The number of hydrogen-bond acceptors (Lipinski definition) is 4. The van der Waals surface area contributed by atoms with E-state index in [1.54, 1.807) is 0 Å². The minimum Gasteiger partial charge on any atom is -0.361 e. The Bertz CT molecular complexity index is 414. The van der Waals surface area contributed by atoms with Gasteiger partial charge in [0.1, 0.15) is 5.76 Å². The van der Waals surface area contributed by atoms with Gasteiger partial charge in [-0.25, -0.2) is 0 Å². The molecule has 0 saturated heterocycles. The third-order valence-electron chi connectivity index (χ3n) is 3.79. The largest absolute Gasteiger partial charge is 0.361 e. The lowest BCUT2D eigenvalue weighted by Crippen LogP contribution is -2.52. The Hall–Kier alpha value is -1.36. The van der Waals surface area contributed by atoms with Gasteiger partial charge in [0.25, 0.3) is 0 Å². The van der Waals surface area contributed by atoms with Crippen molar-refractivity contribution in [2.24, 2.45) is 5.73 Å². The number of hydrogen-bond donors (Lipinski definition) is 2. The van der Waals surface area contributed by atoms with Gasteiger partial charge in [-0.15, -0.1) is 0 Å². The van der Waals surface area contributed by atoms with Crippen molar-refractivity contribution in [3.05, 3.63) is 17.0 Å². The first-order valence-corrected chi connectivity index (χ1v) is 6.52. The van der Waals surface area contributed by atoms with Crippen LogP contribution in [0.2, 0.25) is 0 Å². The predicted octanol–water partition coefficient (Wildman–Crippen LogP) is 1.22. The number of carbonyl (C=O) groups is 1. The average molecular weight is 251 g/mol. The standard InChI is InChI=1S/C13H21N3O2/c1-9-11(10(2)18-16-9)5-8-15-12(17)13(14)6-3-4-7-13/h3-8,14H2,1-2H3,(H,15,17). The van der Waals surface area contributed by atoms with E-state index < -0.39 is 5.54 Å². The molecule has 1 heterocycles. The second kappa shape index (κ2) is 5.10. The summed E-state index contributed by atoms with van der Waals surface area (Å²) in [6, 6.07) is 0. The van der Waals surface area contributed by atoms with Gasteiger partial charge in [0.2, 0.25) is 5.91 Å². The Morgan fingerprint density at radius 1 is 1.44 bits per heavy atom. The summed E-state index contributed by atoms with van der Waals surface area (Å²) in [6.45, 7) is 4.38. The molecule has 5 heteroatoms. The van der Waals surface area contributed by atoms with Crippen molar-refractivity contribution >= 4 is 5.91 Å². The fourth-order valence-corrected chi connectivity index (χ4v) is 2.57. The first-order valence-electron chi connectivity index (χ1n) is 6.52. The quantitative estimate of drug-likeness (QED) is 0.843. The predicted molar refractivity (Wildman–Crippen MR) is 68.1 cm³/mol. The van der Waals surface area contributed by atoms with Crippen molar-refractivity contribution in [2.45, 2.75) is 51.5 Å². The van der Waals surface area contributed by atoms with Crippen molar-refractivity contribution in [1.82, 2.24) is 10.5 Å². The van der Waals surface area contributed by atoms with Crippen LogP contribution in [-0.2, 0) is 11.2 Å². The summed E-state index contributed by atoms with van der Waals surface area (Å²) >= 11 is 0. The van der Waals surface area contributed by atoms with Gasteiger partial charge < -0.3 is 15.6 Å². The monoisotopic (exact) mass is 251 g/mol. The second-order valence-electron chi connectivity index (χ2n) is 5.17. The third-order valence-corrected chi connectivity index (χ3v) is 3.79.